The number of hydrogen-bond donors (Lipinski definition) is 1. The highest BCUT2D eigenvalue weighted by atomic mass is 32.2. The lowest BCUT2D eigenvalue weighted by atomic mass is 10.2. The van der Waals surface area contributed by atoms with Crippen molar-refractivity contribution in [3.63, 3.8) is 0 Å². The van der Waals surface area contributed by atoms with E-state index < -0.39 is 34.7 Å². The molecule has 0 aliphatic heterocycles. The summed E-state index contributed by atoms with van der Waals surface area (Å²) in [5.74, 6) is -4.39. The van der Waals surface area contributed by atoms with Crippen LogP contribution >= 0.6 is 11.8 Å². The van der Waals surface area contributed by atoms with Crippen LogP contribution < -0.4 is 4.90 Å². The molecule has 11 heteroatoms. The van der Waals surface area contributed by atoms with Gasteiger partial charge in [-0.3, -0.25) is 9.48 Å². The summed E-state index contributed by atoms with van der Waals surface area (Å²) < 4.78 is 56.3. The second-order valence-corrected chi connectivity index (χ2v) is 8.46. The molecule has 0 aliphatic rings. The van der Waals surface area contributed by atoms with E-state index in [9.17, 15) is 22.4 Å². The number of amides is 1. The number of thioether (sulfide) groups is 1. The molecule has 0 bridgehead atoms. The highest BCUT2D eigenvalue weighted by Crippen LogP contribution is 2.26. The van der Waals surface area contributed by atoms with Gasteiger partial charge >= 0.3 is 0 Å². The number of benzene rings is 2. The van der Waals surface area contributed by atoms with Crippen molar-refractivity contribution in [2.24, 2.45) is 7.05 Å². The molecule has 2 heterocycles. The van der Waals surface area contributed by atoms with Crippen LogP contribution in [0.1, 0.15) is 27.3 Å². The van der Waals surface area contributed by atoms with Crippen LogP contribution in [0.2, 0.25) is 0 Å². The van der Waals surface area contributed by atoms with E-state index in [0.717, 1.165) is 35.2 Å². The molecule has 2 aromatic heterocycles. The van der Waals surface area contributed by atoms with E-state index >= 15 is 0 Å². The molecule has 2 aromatic carbocycles. The zero-order valence-corrected chi connectivity index (χ0v) is 19.0. The Morgan fingerprint density at radius 1 is 1.09 bits per heavy atom. The summed E-state index contributed by atoms with van der Waals surface area (Å²) in [4.78, 5) is 21.7. The summed E-state index contributed by atoms with van der Waals surface area (Å²) in [7, 11) is 1.77. The number of aromatic amines is 1. The minimum absolute atomic E-state index is 0.119. The molecule has 0 fully saturated rings. The number of rotatable bonds is 7. The van der Waals surface area contributed by atoms with Crippen molar-refractivity contribution in [3.05, 3.63) is 94.6 Å². The maximum Gasteiger partial charge on any atom is 0.276 e. The van der Waals surface area contributed by atoms with Gasteiger partial charge in [0.05, 0.1) is 18.4 Å². The molecule has 4 rings (SSSR count). The molecule has 0 radical (unpaired) electrons. The third kappa shape index (κ3) is 4.98. The Hall–Kier alpha value is -3.60. The second-order valence-electron chi connectivity index (χ2n) is 7.49. The largest absolute Gasteiger partial charge is 0.329 e. The average Bonchev–Trinajstić information content (AvgIpc) is 3.40. The number of anilines is 1. The first-order valence-electron chi connectivity index (χ1n) is 10.1. The summed E-state index contributed by atoms with van der Waals surface area (Å²) in [6, 6.07) is 7.05. The fraction of sp³-hybridized carbons (Fsp3) is 0.174. The Kier molecular flexibility index (Phi) is 6.73. The van der Waals surface area contributed by atoms with Crippen molar-refractivity contribution >= 4 is 23.4 Å². The molecule has 0 saturated heterocycles. The van der Waals surface area contributed by atoms with Gasteiger partial charge in [0.2, 0.25) is 0 Å². The Labute approximate surface area is 196 Å². The average molecular weight is 489 g/mol. The first-order chi connectivity index (χ1) is 16.2. The van der Waals surface area contributed by atoms with E-state index in [1.807, 2.05) is 6.92 Å². The number of aryl methyl sites for hydroxylation is 2. The van der Waals surface area contributed by atoms with Gasteiger partial charge in [-0.25, -0.2) is 22.5 Å². The summed E-state index contributed by atoms with van der Waals surface area (Å²) in [5, 5.41) is 4.51. The maximum absolute atomic E-state index is 13.9. The van der Waals surface area contributed by atoms with Crippen LogP contribution in [0.25, 0.3) is 0 Å². The van der Waals surface area contributed by atoms with Crippen LogP contribution in [0.15, 0.2) is 53.9 Å². The van der Waals surface area contributed by atoms with Crippen LogP contribution in [0.5, 0.6) is 0 Å². The number of nitrogens with one attached hydrogen (secondary N) is 1. The summed E-state index contributed by atoms with van der Waals surface area (Å²) in [5.41, 5.74) is 1.69. The van der Waals surface area contributed by atoms with Gasteiger partial charge in [-0.15, -0.1) is 0 Å². The molecule has 0 aliphatic carbocycles. The Morgan fingerprint density at radius 2 is 1.79 bits per heavy atom. The van der Waals surface area contributed by atoms with Crippen molar-refractivity contribution in [2.75, 3.05) is 4.90 Å². The lowest BCUT2D eigenvalue weighted by Gasteiger charge is -2.22. The Bertz CT molecular complexity index is 1340. The molecule has 6 nitrogen and oxygen atoms in total. The van der Waals surface area contributed by atoms with Gasteiger partial charge in [0.1, 0.15) is 17.3 Å². The van der Waals surface area contributed by atoms with Gasteiger partial charge in [0.25, 0.3) is 5.91 Å². The molecule has 0 unspecified atom stereocenters. The summed E-state index contributed by atoms with van der Waals surface area (Å²) in [6.45, 7) is 1.99. The maximum atomic E-state index is 13.9. The molecule has 1 amide bonds. The quantitative estimate of drug-likeness (QED) is 0.222. The lowest BCUT2D eigenvalue weighted by Crippen LogP contribution is -2.30. The van der Waals surface area contributed by atoms with Crippen molar-refractivity contribution in [1.82, 2.24) is 19.7 Å². The van der Waals surface area contributed by atoms with E-state index in [0.29, 0.717) is 5.69 Å². The standard InChI is InChI=1S/C23H19F4N5OS/c1-13-14(10-31(2)30-13)11-32(16-5-3-15(24)4-6-16)22(33)20-9-28-23(29-20)34-12-17-18(25)7-8-19(26)21(17)27/h3-10H,11-12H2,1-2H3,(H,28,29). The number of carbonyl (C=O) groups excluding carboxylic acids is 1. The molecular formula is C23H19F4N5OS. The molecule has 4 aromatic rings. The molecule has 0 saturated carbocycles. The minimum Gasteiger partial charge on any atom is -0.329 e. The van der Waals surface area contributed by atoms with Crippen molar-refractivity contribution in [1.29, 1.82) is 0 Å². The molecule has 34 heavy (non-hydrogen) atoms. The topological polar surface area (TPSA) is 66.8 Å². The van der Waals surface area contributed by atoms with Crippen LogP contribution in [0, 0.1) is 30.2 Å². The smallest absolute Gasteiger partial charge is 0.276 e. The van der Waals surface area contributed by atoms with E-state index in [2.05, 4.69) is 15.1 Å². The number of hydrogen-bond acceptors (Lipinski definition) is 4. The Morgan fingerprint density at radius 3 is 2.47 bits per heavy atom. The van der Waals surface area contributed by atoms with Crippen LogP contribution in [-0.2, 0) is 19.3 Å². The van der Waals surface area contributed by atoms with Gasteiger partial charge in [-0.05, 0) is 43.3 Å². The number of carbonyl (C=O) groups is 1. The normalized spacial score (nSPS) is 11.1. The van der Waals surface area contributed by atoms with E-state index in [1.54, 1.807) is 17.9 Å². The molecule has 1 N–H and O–H groups in total. The molecule has 0 spiro atoms. The third-order valence-corrected chi connectivity index (χ3v) is 6.02. The number of halogens is 4. The fourth-order valence-corrected chi connectivity index (χ4v) is 4.20. The van der Waals surface area contributed by atoms with E-state index in [4.69, 9.17) is 0 Å². The van der Waals surface area contributed by atoms with Gasteiger partial charge in [-0.1, -0.05) is 11.8 Å². The third-order valence-electron chi connectivity index (χ3n) is 5.10. The van der Waals surface area contributed by atoms with Gasteiger partial charge in [0.15, 0.2) is 16.8 Å². The van der Waals surface area contributed by atoms with Crippen molar-refractivity contribution < 1.29 is 22.4 Å². The molecule has 176 valence electrons. The first kappa shape index (κ1) is 23.6. The summed E-state index contributed by atoms with van der Waals surface area (Å²) in [6.07, 6.45) is 3.09. The van der Waals surface area contributed by atoms with Gasteiger partial charge in [-0.2, -0.15) is 5.10 Å². The van der Waals surface area contributed by atoms with E-state index in [1.165, 1.54) is 35.4 Å². The van der Waals surface area contributed by atoms with Crippen molar-refractivity contribution in [2.45, 2.75) is 24.4 Å². The highest BCUT2D eigenvalue weighted by molar-refractivity contribution is 7.98. The van der Waals surface area contributed by atoms with E-state index in [-0.39, 0.29) is 23.1 Å². The van der Waals surface area contributed by atoms with Crippen LogP contribution in [0.3, 0.4) is 0 Å². The predicted molar refractivity (Wildman–Crippen MR) is 119 cm³/mol. The van der Waals surface area contributed by atoms with Crippen LogP contribution in [-0.4, -0.2) is 25.7 Å². The second kappa shape index (κ2) is 9.72. The van der Waals surface area contributed by atoms with Crippen LogP contribution in [0.4, 0.5) is 23.2 Å². The molecular weight excluding hydrogens is 470 g/mol. The monoisotopic (exact) mass is 489 g/mol. The number of imidazole rings is 1. The first-order valence-corrected chi connectivity index (χ1v) is 11.1. The number of nitrogens with zero attached hydrogens (tertiary/aromatic N) is 4. The van der Waals surface area contributed by atoms with Gasteiger partial charge < -0.3 is 9.88 Å². The highest BCUT2D eigenvalue weighted by Gasteiger charge is 2.23. The zero-order chi connectivity index (χ0) is 24.4. The SMILES string of the molecule is Cc1nn(C)cc1CN(C(=O)c1cnc(SCc2c(F)ccc(F)c2F)[nH]1)c1ccc(F)cc1. The van der Waals surface area contributed by atoms with Crippen molar-refractivity contribution in [3.8, 4) is 0 Å². The fourth-order valence-electron chi connectivity index (χ4n) is 3.35. The lowest BCUT2D eigenvalue weighted by molar-refractivity contribution is 0.0980. The number of H-pyrrole nitrogens is 1. The molecule has 0 atom stereocenters. The van der Waals surface area contributed by atoms with Gasteiger partial charge in [0, 0.05) is 35.8 Å². The zero-order valence-electron chi connectivity index (χ0n) is 18.2. The summed E-state index contributed by atoms with van der Waals surface area (Å²) >= 11 is 0.921. The Balaban J connectivity index is 1.57. The number of aromatic nitrogens is 4. The predicted octanol–water partition coefficient (Wildman–Crippen LogP) is 5.15. The minimum atomic E-state index is -1.26.